The first kappa shape index (κ1) is 32.8. The molecule has 1 aliphatic heterocycles. The maximum absolute atomic E-state index is 15.1. The number of amides is 1. The lowest BCUT2D eigenvalue weighted by Crippen LogP contribution is -2.43. The Kier molecular flexibility index (Phi) is 8.78. The molecule has 1 saturated heterocycles. The molecule has 7 nitrogen and oxygen atoms in total. The van der Waals surface area contributed by atoms with Gasteiger partial charge in [-0.15, -0.1) is 0 Å². The third-order valence-corrected chi connectivity index (χ3v) is 9.00. The van der Waals surface area contributed by atoms with Crippen molar-refractivity contribution in [3.05, 3.63) is 117 Å². The van der Waals surface area contributed by atoms with Crippen LogP contribution in [0.5, 0.6) is 0 Å². The zero-order valence-corrected chi connectivity index (χ0v) is 25.6. The lowest BCUT2D eigenvalue weighted by Gasteiger charge is -2.23. The summed E-state index contributed by atoms with van der Waals surface area (Å²) in [5, 5.41) is 15.8. The normalized spacial score (nSPS) is 14.7. The van der Waals surface area contributed by atoms with Crippen LogP contribution < -0.4 is 16.2 Å². The molecule has 0 saturated carbocycles. The van der Waals surface area contributed by atoms with Crippen LogP contribution in [0.15, 0.2) is 77.6 Å². The van der Waals surface area contributed by atoms with E-state index in [0.29, 0.717) is 42.4 Å². The monoisotopic (exact) mass is 663 g/mol. The summed E-state index contributed by atoms with van der Waals surface area (Å²) in [7, 11) is 1.39. The Morgan fingerprint density at radius 3 is 2.23 bits per heavy atom. The lowest BCUT2D eigenvalue weighted by molar-refractivity contribution is -0.139. The minimum absolute atomic E-state index is 0.0121. The van der Waals surface area contributed by atoms with Gasteiger partial charge in [0.2, 0.25) is 0 Å². The number of alkyl halides is 3. The fourth-order valence-electron chi connectivity index (χ4n) is 6.66. The Balaban J connectivity index is 1.38. The smallest absolute Gasteiger partial charge is 0.417 e. The largest absolute Gasteiger partial charge is 0.480 e. The van der Waals surface area contributed by atoms with E-state index in [-0.39, 0.29) is 34.2 Å². The highest BCUT2D eigenvalue weighted by Gasteiger charge is 2.38. The van der Waals surface area contributed by atoms with Crippen molar-refractivity contribution in [2.24, 2.45) is 7.05 Å². The summed E-state index contributed by atoms with van der Waals surface area (Å²) in [6, 6.07) is 15.2. The molecule has 4 aromatic carbocycles. The minimum atomic E-state index is -4.89. The molecule has 248 valence electrons. The second kappa shape index (κ2) is 12.8. The molecule has 0 spiro atoms. The highest BCUT2D eigenvalue weighted by atomic mass is 19.4. The molecule has 6 rings (SSSR count). The van der Waals surface area contributed by atoms with Crippen LogP contribution in [0.3, 0.4) is 0 Å². The molecule has 1 aliphatic rings. The van der Waals surface area contributed by atoms with Crippen LogP contribution in [0, 0.1) is 11.6 Å². The maximum Gasteiger partial charge on any atom is 0.417 e. The van der Waals surface area contributed by atoms with E-state index in [1.807, 2.05) is 0 Å². The van der Waals surface area contributed by atoms with Crippen LogP contribution in [-0.4, -0.2) is 40.7 Å². The molecule has 0 aliphatic carbocycles. The number of nitrogens with one attached hydrogen (secondary N) is 2. The summed E-state index contributed by atoms with van der Waals surface area (Å²) in [4.78, 5) is 38.9. The molecule has 1 amide bonds. The van der Waals surface area contributed by atoms with E-state index in [0.717, 1.165) is 16.7 Å². The second-order valence-electron chi connectivity index (χ2n) is 11.9. The van der Waals surface area contributed by atoms with Crippen LogP contribution in [0.25, 0.3) is 32.8 Å². The van der Waals surface area contributed by atoms with E-state index in [9.17, 15) is 32.7 Å². The quantitative estimate of drug-likeness (QED) is 0.172. The van der Waals surface area contributed by atoms with Crippen molar-refractivity contribution in [3.8, 4) is 11.1 Å². The number of halogens is 5. The number of para-hydroxylation sites is 1. The predicted octanol–water partition coefficient (Wildman–Crippen LogP) is 6.55. The van der Waals surface area contributed by atoms with E-state index < -0.39 is 58.0 Å². The predicted molar refractivity (Wildman–Crippen MR) is 171 cm³/mol. The van der Waals surface area contributed by atoms with Gasteiger partial charge in [-0.3, -0.25) is 9.59 Å². The summed E-state index contributed by atoms with van der Waals surface area (Å²) < 4.78 is 75.3. The van der Waals surface area contributed by atoms with Gasteiger partial charge in [0.1, 0.15) is 23.2 Å². The number of carbonyl (C=O) groups excluding carboxylic acids is 1. The van der Waals surface area contributed by atoms with Gasteiger partial charge in [-0.1, -0.05) is 54.6 Å². The molecule has 0 radical (unpaired) electrons. The third kappa shape index (κ3) is 6.03. The first-order valence-corrected chi connectivity index (χ1v) is 15.3. The van der Waals surface area contributed by atoms with Crippen molar-refractivity contribution in [2.45, 2.75) is 37.4 Å². The Hall–Kier alpha value is -5.10. The van der Waals surface area contributed by atoms with Crippen LogP contribution >= 0.6 is 0 Å². The number of nitrogens with zero attached hydrogens (tertiary/aromatic N) is 1. The van der Waals surface area contributed by atoms with E-state index in [2.05, 4.69) is 10.6 Å². The highest BCUT2D eigenvalue weighted by Crippen LogP contribution is 2.42. The fourth-order valence-corrected chi connectivity index (χ4v) is 6.66. The van der Waals surface area contributed by atoms with Crippen molar-refractivity contribution in [3.63, 3.8) is 0 Å². The summed E-state index contributed by atoms with van der Waals surface area (Å²) in [5.74, 6) is -5.07. The number of pyridine rings is 1. The fraction of sp³-hybridized carbons (Fsp3) is 0.250. The first-order valence-electron chi connectivity index (χ1n) is 15.3. The highest BCUT2D eigenvalue weighted by molar-refractivity contribution is 6.02. The SMILES string of the molecule is Cn1c(=O)c(-c2cccc3c(C[C@H](NC(=O)c4c(F)cc(C5CCNCC5)cc4F)C(=O)O)cccc23)c(C(F)(F)F)c2ccccc21. The molecule has 3 N–H and O–H groups in total. The third-order valence-electron chi connectivity index (χ3n) is 9.00. The Morgan fingerprint density at radius 2 is 1.56 bits per heavy atom. The van der Waals surface area contributed by atoms with Crippen LogP contribution in [0.4, 0.5) is 22.0 Å². The number of aliphatic carboxylic acids is 1. The van der Waals surface area contributed by atoms with Gasteiger partial charge in [-0.25, -0.2) is 13.6 Å². The first-order chi connectivity index (χ1) is 22.9. The van der Waals surface area contributed by atoms with E-state index in [4.69, 9.17) is 0 Å². The average Bonchev–Trinajstić information content (AvgIpc) is 3.05. The van der Waals surface area contributed by atoms with Crippen molar-refractivity contribution in [2.75, 3.05) is 13.1 Å². The summed E-state index contributed by atoms with van der Waals surface area (Å²) in [6.45, 7) is 1.38. The zero-order valence-electron chi connectivity index (χ0n) is 25.6. The average molecular weight is 664 g/mol. The van der Waals surface area contributed by atoms with E-state index in [1.54, 1.807) is 6.07 Å². The van der Waals surface area contributed by atoms with Crippen molar-refractivity contribution in [1.82, 2.24) is 15.2 Å². The summed E-state index contributed by atoms with van der Waals surface area (Å²) >= 11 is 0. The number of piperidine rings is 1. The molecule has 1 atom stereocenters. The zero-order chi connectivity index (χ0) is 34.3. The van der Waals surface area contributed by atoms with E-state index >= 15 is 8.78 Å². The van der Waals surface area contributed by atoms with Crippen molar-refractivity contribution < 1.29 is 36.6 Å². The van der Waals surface area contributed by atoms with Gasteiger partial charge in [-0.05, 0) is 77.5 Å². The molecule has 0 unspecified atom stereocenters. The number of carboxylic acids is 1. The van der Waals surface area contributed by atoms with Gasteiger partial charge in [0.15, 0.2) is 0 Å². The molecule has 48 heavy (non-hydrogen) atoms. The Labute approximate surface area is 271 Å². The maximum atomic E-state index is 15.1. The number of carboxylic acid groups (broad SMARTS) is 1. The van der Waals surface area contributed by atoms with Crippen LogP contribution in [0.2, 0.25) is 0 Å². The topological polar surface area (TPSA) is 100 Å². The molecule has 1 aromatic heterocycles. The molecule has 12 heteroatoms. The van der Waals surface area contributed by atoms with Gasteiger partial charge in [-0.2, -0.15) is 13.2 Å². The number of aromatic nitrogens is 1. The molecular formula is C36H30F5N3O4. The number of benzene rings is 4. The van der Waals surface area contributed by atoms with Gasteiger partial charge >= 0.3 is 12.1 Å². The van der Waals surface area contributed by atoms with Crippen molar-refractivity contribution in [1.29, 1.82) is 0 Å². The number of aryl methyl sites for hydroxylation is 1. The number of carbonyl (C=O) groups is 2. The van der Waals surface area contributed by atoms with Crippen LogP contribution in [-0.2, 0) is 24.4 Å². The number of rotatable bonds is 7. The molecule has 1 fully saturated rings. The van der Waals surface area contributed by atoms with Gasteiger partial charge in [0.05, 0.1) is 16.6 Å². The van der Waals surface area contributed by atoms with E-state index in [1.165, 1.54) is 61.6 Å². The number of hydrogen-bond donors (Lipinski definition) is 3. The van der Waals surface area contributed by atoms with Gasteiger partial charge in [0.25, 0.3) is 11.5 Å². The Morgan fingerprint density at radius 1 is 0.938 bits per heavy atom. The second-order valence-corrected chi connectivity index (χ2v) is 11.9. The Bertz CT molecular complexity index is 2110. The van der Waals surface area contributed by atoms with Gasteiger partial charge < -0.3 is 20.3 Å². The summed E-state index contributed by atoms with van der Waals surface area (Å²) in [6.07, 6.45) is -3.92. The number of hydrogen-bond acceptors (Lipinski definition) is 4. The standard InChI is InChI=1S/C36H30F5N3O4/c1-44-29-11-3-2-7-25(29)32(36(39,40)41)30(34(44)46)24-10-5-8-22-20(6-4-9-23(22)24)18-28(35(47)48)43-33(45)31-26(37)16-21(17-27(31)38)19-12-14-42-15-13-19/h2-11,16-17,19,28,42H,12-15,18H2,1H3,(H,43,45)(H,47,48)/t28-/m0/s1. The van der Waals surface area contributed by atoms with Gasteiger partial charge in [0, 0.05) is 18.9 Å². The molecule has 2 heterocycles. The van der Waals surface area contributed by atoms with Crippen LogP contribution in [0.1, 0.15) is 45.8 Å². The molecule has 0 bridgehead atoms. The van der Waals surface area contributed by atoms with Crippen molar-refractivity contribution >= 4 is 33.6 Å². The number of fused-ring (bicyclic) bond motifs is 2. The minimum Gasteiger partial charge on any atom is -0.480 e. The summed E-state index contributed by atoms with van der Waals surface area (Å²) in [5.41, 5.74) is -2.61. The molecule has 5 aromatic rings. The lowest BCUT2D eigenvalue weighted by atomic mass is 9.89. The molecular weight excluding hydrogens is 633 g/mol.